The van der Waals surface area contributed by atoms with E-state index in [1.54, 1.807) is 7.11 Å². The van der Waals surface area contributed by atoms with Gasteiger partial charge in [-0.05, 0) is 35.4 Å². The van der Waals surface area contributed by atoms with Crippen LogP contribution < -0.4 is 9.47 Å². The van der Waals surface area contributed by atoms with Crippen LogP contribution in [0.5, 0.6) is 16.7 Å². The Bertz CT molecular complexity index is 1120. The summed E-state index contributed by atoms with van der Waals surface area (Å²) in [7, 11) is 1.65. The zero-order valence-corrected chi connectivity index (χ0v) is 19.9. The van der Waals surface area contributed by atoms with E-state index in [0.29, 0.717) is 55.9 Å². The minimum Gasteiger partial charge on any atom is -0.497 e. The Morgan fingerprint density at radius 1 is 1.06 bits per heavy atom. The highest BCUT2D eigenvalue weighted by Crippen LogP contribution is 2.31. The summed E-state index contributed by atoms with van der Waals surface area (Å²) in [4.78, 5) is 19.1. The zero-order chi connectivity index (χ0) is 23.4. The molecule has 0 N–H and O–H groups in total. The molecule has 0 bridgehead atoms. The van der Waals surface area contributed by atoms with Crippen LogP contribution in [-0.4, -0.2) is 59.4 Å². The third-order valence-corrected chi connectivity index (χ3v) is 6.75. The third kappa shape index (κ3) is 5.38. The number of methoxy groups -OCH3 is 1. The molecule has 0 radical (unpaired) electrons. The highest BCUT2D eigenvalue weighted by Gasteiger charge is 2.40. The first-order valence-corrected chi connectivity index (χ1v) is 12.2. The van der Waals surface area contributed by atoms with Crippen LogP contribution in [-0.2, 0) is 27.1 Å². The van der Waals surface area contributed by atoms with Crippen LogP contribution in [0.4, 0.5) is 0 Å². The lowest BCUT2D eigenvalue weighted by molar-refractivity contribution is -0.187. The van der Waals surface area contributed by atoms with Crippen LogP contribution in [0.1, 0.15) is 29.8 Å². The van der Waals surface area contributed by atoms with Crippen molar-refractivity contribution in [2.45, 2.75) is 31.5 Å². The van der Waals surface area contributed by atoms with Crippen LogP contribution in [0.3, 0.4) is 0 Å². The smallest absolute Gasteiger partial charge is 0.298 e. The molecule has 2 aromatic carbocycles. The number of amides is 1. The number of benzene rings is 2. The molecule has 178 valence electrons. The fraction of sp³-hybridized carbons (Fsp3) is 0.400. The number of rotatable bonds is 7. The van der Waals surface area contributed by atoms with Gasteiger partial charge in [-0.25, -0.2) is 0 Å². The molecule has 3 heterocycles. The van der Waals surface area contributed by atoms with Gasteiger partial charge < -0.3 is 23.8 Å². The van der Waals surface area contributed by atoms with E-state index in [0.717, 1.165) is 29.7 Å². The molecule has 0 aliphatic carbocycles. The number of hydrogen-bond donors (Lipinski definition) is 0. The van der Waals surface area contributed by atoms with Crippen molar-refractivity contribution in [2.24, 2.45) is 0 Å². The lowest BCUT2D eigenvalue weighted by atomic mass is 10.0. The lowest BCUT2D eigenvalue weighted by Crippen LogP contribution is -2.47. The molecule has 34 heavy (non-hydrogen) atoms. The van der Waals surface area contributed by atoms with Gasteiger partial charge in [-0.2, -0.15) is 9.36 Å². The number of carbonyl (C=O) groups is 1. The Morgan fingerprint density at radius 2 is 1.82 bits per heavy atom. The molecule has 2 aliphatic heterocycles. The molecule has 2 saturated heterocycles. The highest BCUT2D eigenvalue weighted by atomic mass is 32.1. The predicted octanol–water partition coefficient (Wildman–Crippen LogP) is 3.84. The normalized spacial score (nSPS) is 17.1. The second kappa shape index (κ2) is 10.1. The first-order chi connectivity index (χ1) is 16.6. The fourth-order valence-corrected chi connectivity index (χ4v) is 4.83. The SMILES string of the molecule is COc1cccc(Cc2nsc(Oc3ccc(CC(=O)N4CCC5(CC4)OCCO5)cc3)n2)c1. The fourth-order valence-electron chi connectivity index (χ4n) is 4.26. The summed E-state index contributed by atoms with van der Waals surface area (Å²) >= 11 is 1.22. The summed E-state index contributed by atoms with van der Waals surface area (Å²) in [5, 5.41) is 0.486. The average molecular weight is 482 g/mol. The first kappa shape index (κ1) is 22.8. The summed E-state index contributed by atoms with van der Waals surface area (Å²) in [6.07, 6.45) is 2.42. The van der Waals surface area contributed by atoms with Gasteiger partial charge in [-0.1, -0.05) is 24.3 Å². The van der Waals surface area contributed by atoms with Gasteiger partial charge in [0.05, 0.1) is 26.7 Å². The van der Waals surface area contributed by atoms with Crippen molar-refractivity contribution in [3.63, 3.8) is 0 Å². The van der Waals surface area contributed by atoms with Crippen LogP contribution in [0.15, 0.2) is 48.5 Å². The van der Waals surface area contributed by atoms with E-state index >= 15 is 0 Å². The Morgan fingerprint density at radius 3 is 2.56 bits per heavy atom. The largest absolute Gasteiger partial charge is 0.497 e. The van der Waals surface area contributed by atoms with Gasteiger partial charge in [0.25, 0.3) is 5.19 Å². The maximum atomic E-state index is 12.7. The van der Waals surface area contributed by atoms with Crippen molar-refractivity contribution < 1.29 is 23.7 Å². The van der Waals surface area contributed by atoms with Gasteiger partial charge in [0.15, 0.2) is 11.6 Å². The topological polar surface area (TPSA) is 83.0 Å². The summed E-state index contributed by atoms with van der Waals surface area (Å²) < 4.78 is 27.0. The number of ether oxygens (including phenoxy) is 4. The van der Waals surface area contributed by atoms with Crippen molar-refractivity contribution in [3.05, 3.63) is 65.5 Å². The molecule has 1 amide bonds. The molecular weight excluding hydrogens is 454 g/mol. The van der Waals surface area contributed by atoms with E-state index in [1.807, 2.05) is 53.4 Å². The Hall–Kier alpha value is -3.01. The summed E-state index contributed by atoms with van der Waals surface area (Å²) in [5.41, 5.74) is 2.02. The molecular formula is C25H27N3O5S. The van der Waals surface area contributed by atoms with Crippen LogP contribution >= 0.6 is 11.5 Å². The number of hydrogen-bond acceptors (Lipinski definition) is 8. The molecule has 9 heteroatoms. The number of nitrogens with zero attached hydrogens (tertiary/aromatic N) is 3. The summed E-state index contributed by atoms with van der Waals surface area (Å²) in [6.45, 7) is 2.61. The molecule has 2 aliphatic rings. The molecule has 0 unspecified atom stereocenters. The number of piperidine rings is 1. The molecule has 2 fully saturated rings. The lowest BCUT2D eigenvalue weighted by Gasteiger charge is -2.37. The molecule has 5 rings (SSSR count). The van der Waals surface area contributed by atoms with E-state index in [9.17, 15) is 4.79 Å². The minimum absolute atomic E-state index is 0.118. The summed E-state index contributed by atoms with van der Waals surface area (Å²) in [6, 6.07) is 15.4. The molecule has 0 saturated carbocycles. The number of aromatic nitrogens is 2. The van der Waals surface area contributed by atoms with Crippen LogP contribution in [0, 0.1) is 0 Å². The van der Waals surface area contributed by atoms with E-state index in [-0.39, 0.29) is 5.91 Å². The maximum absolute atomic E-state index is 12.7. The quantitative estimate of drug-likeness (QED) is 0.507. The van der Waals surface area contributed by atoms with Crippen molar-refractivity contribution >= 4 is 17.4 Å². The van der Waals surface area contributed by atoms with Gasteiger partial charge in [0, 0.05) is 43.9 Å². The van der Waals surface area contributed by atoms with Gasteiger partial charge in [-0.3, -0.25) is 4.79 Å². The van der Waals surface area contributed by atoms with Gasteiger partial charge in [0.1, 0.15) is 11.5 Å². The standard InChI is InChI=1S/C25H27N3O5S/c1-30-21-4-2-3-19(15-21)16-22-26-24(34-27-22)33-20-7-5-18(6-8-20)17-23(29)28-11-9-25(10-12-28)31-13-14-32-25/h2-8,15H,9-14,16-17H2,1H3. The van der Waals surface area contributed by atoms with Gasteiger partial charge >= 0.3 is 0 Å². The third-order valence-electron chi connectivity index (χ3n) is 6.12. The van der Waals surface area contributed by atoms with Gasteiger partial charge in [0.2, 0.25) is 5.91 Å². The Balaban J connectivity index is 1.12. The van der Waals surface area contributed by atoms with Gasteiger partial charge in [-0.15, -0.1) is 0 Å². The number of likely N-dealkylation sites (tertiary alicyclic amines) is 1. The van der Waals surface area contributed by atoms with Crippen molar-refractivity contribution in [2.75, 3.05) is 33.4 Å². The minimum atomic E-state index is -0.464. The Labute approximate surface area is 202 Å². The van der Waals surface area contributed by atoms with Crippen molar-refractivity contribution in [1.82, 2.24) is 14.3 Å². The van der Waals surface area contributed by atoms with E-state index in [4.69, 9.17) is 18.9 Å². The number of carbonyl (C=O) groups excluding carboxylic acids is 1. The van der Waals surface area contributed by atoms with E-state index in [2.05, 4.69) is 9.36 Å². The maximum Gasteiger partial charge on any atom is 0.298 e. The zero-order valence-electron chi connectivity index (χ0n) is 19.1. The molecule has 1 spiro atoms. The second-order valence-corrected chi connectivity index (χ2v) is 9.13. The first-order valence-electron chi connectivity index (χ1n) is 11.4. The van der Waals surface area contributed by atoms with E-state index < -0.39 is 5.79 Å². The molecule has 0 atom stereocenters. The molecule has 3 aromatic rings. The monoisotopic (exact) mass is 481 g/mol. The van der Waals surface area contributed by atoms with Crippen molar-refractivity contribution in [3.8, 4) is 16.7 Å². The second-order valence-electron chi connectivity index (χ2n) is 8.42. The highest BCUT2D eigenvalue weighted by molar-refractivity contribution is 7.07. The van der Waals surface area contributed by atoms with Crippen LogP contribution in [0.25, 0.3) is 0 Å². The Kier molecular flexibility index (Phi) is 6.75. The predicted molar refractivity (Wildman–Crippen MR) is 126 cm³/mol. The average Bonchev–Trinajstić information content (AvgIpc) is 3.50. The molecule has 8 nitrogen and oxygen atoms in total. The van der Waals surface area contributed by atoms with Crippen molar-refractivity contribution in [1.29, 1.82) is 0 Å². The molecule has 1 aromatic heterocycles. The summed E-state index contributed by atoms with van der Waals surface area (Å²) in [5.74, 6) is 1.83. The van der Waals surface area contributed by atoms with Crippen LogP contribution in [0.2, 0.25) is 0 Å². The van der Waals surface area contributed by atoms with E-state index in [1.165, 1.54) is 11.5 Å².